The summed E-state index contributed by atoms with van der Waals surface area (Å²) in [6.45, 7) is 3.07. The Bertz CT molecular complexity index is 903. The summed E-state index contributed by atoms with van der Waals surface area (Å²) in [6, 6.07) is 8.28. The molecule has 2 N–H and O–H groups in total. The highest BCUT2D eigenvalue weighted by Crippen LogP contribution is 2.41. The highest BCUT2D eigenvalue weighted by molar-refractivity contribution is 6.29. The third kappa shape index (κ3) is 2.88. The fraction of sp³-hybridized carbons (Fsp3) is 0.278. The number of ether oxygens (including phenoxy) is 1. The number of carbonyl (C=O) groups excluding carboxylic acids is 1. The van der Waals surface area contributed by atoms with E-state index in [0.29, 0.717) is 22.4 Å². The number of amides is 1. The van der Waals surface area contributed by atoms with Crippen LogP contribution in [0.15, 0.2) is 41.5 Å². The second-order valence-electron chi connectivity index (χ2n) is 6.05. The van der Waals surface area contributed by atoms with Crippen LogP contribution in [0, 0.1) is 6.92 Å². The summed E-state index contributed by atoms with van der Waals surface area (Å²) >= 11 is 6.03. The van der Waals surface area contributed by atoms with Crippen molar-refractivity contribution >= 4 is 23.5 Å². The maximum absolute atomic E-state index is 13.2. The number of aliphatic imine (C=N–C) groups is 1. The zero-order chi connectivity index (χ0) is 19.1. The van der Waals surface area contributed by atoms with Crippen molar-refractivity contribution in [2.75, 3.05) is 7.05 Å². The lowest BCUT2D eigenvalue weighted by Crippen LogP contribution is -2.41. The number of carbonyl (C=O) groups is 1. The maximum atomic E-state index is 13.2. The van der Waals surface area contributed by atoms with Gasteiger partial charge in [-0.3, -0.25) is 9.69 Å². The van der Waals surface area contributed by atoms with Gasteiger partial charge in [-0.15, -0.1) is 0 Å². The van der Waals surface area contributed by atoms with Crippen LogP contribution in [0.3, 0.4) is 0 Å². The number of alkyl halides is 1. The average Bonchev–Trinajstić information content (AvgIpc) is 2.81. The van der Waals surface area contributed by atoms with E-state index < -0.39 is 11.9 Å². The third-order valence-corrected chi connectivity index (χ3v) is 4.47. The first-order valence-electron chi connectivity index (χ1n) is 7.93. The summed E-state index contributed by atoms with van der Waals surface area (Å²) in [4.78, 5) is 22.8. The smallest absolute Gasteiger partial charge is 0.266 e. The van der Waals surface area contributed by atoms with E-state index in [1.54, 1.807) is 44.3 Å². The molecule has 0 aliphatic carbocycles. The van der Waals surface area contributed by atoms with Crippen LogP contribution < -0.4 is 10.5 Å². The van der Waals surface area contributed by atoms with E-state index in [0.717, 1.165) is 0 Å². The van der Waals surface area contributed by atoms with Crippen LogP contribution in [0.25, 0.3) is 0 Å². The van der Waals surface area contributed by atoms with E-state index >= 15 is 0 Å². The standard InChI is InChI=1S/C18H18ClFN4O2/c1-10-8-12(4-5-14(10)26-11(2)20)18(13-6-7-22-15(19)9-13)16(25)24(3)17(21)23-18/h4-9,11H,1-3H3,(H2,21,23). The number of aryl methyl sites for hydroxylation is 1. The van der Waals surface area contributed by atoms with Gasteiger partial charge in [0.2, 0.25) is 6.36 Å². The number of likely N-dealkylation sites (N-methyl/N-ethyl adjacent to an activating group) is 1. The molecule has 2 aromatic rings. The number of halogens is 2. The molecule has 2 heterocycles. The summed E-state index contributed by atoms with van der Waals surface area (Å²) in [6.07, 6.45) is 0.0617. The Labute approximate surface area is 155 Å². The number of nitrogens with two attached hydrogens (primary N) is 1. The van der Waals surface area contributed by atoms with E-state index in [2.05, 4.69) is 9.98 Å². The number of nitrogens with zero attached hydrogens (tertiary/aromatic N) is 3. The highest BCUT2D eigenvalue weighted by atomic mass is 35.5. The molecule has 1 aromatic carbocycles. The number of aromatic nitrogens is 1. The summed E-state index contributed by atoms with van der Waals surface area (Å²) in [7, 11) is 1.56. The number of hydrogen-bond donors (Lipinski definition) is 1. The molecule has 0 saturated heterocycles. The summed E-state index contributed by atoms with van der Waals surface area (Å²) < 4.78 is 18.3. The SMILES string of the molecule is Cc1cc(C2(c3ccnc(Cl)c3)N=C(N)N(C)C2=O)ccc1OC(C)F. The Hall–Kier alpha value is -2.67. The maximum Gasteiger partial charge on any atom is 0.266 e. The second-order valence-corrected chi connectivity index (χ2v) is 6.44. The van der Waals surface area contributed by atoms with Crippen molar-refractivity contribution in [2.45, 2.75) is 25.7 Å². The van der Waals surface area contributed by atoms with Gasteiger partial charge in [0.05, 0.1) is 0 Å². The van der Waals surface area contributed by atoms with Crippen molar-refractivity contribution in [3.05, 3.63) is 58.4 Å². The highest BCUT2D eigenvalue weighted by Gasteiger charge is 2.49. The lowest BCUT2D eigenvalue weighted by Gasteiger charge is -2.26. The monoisotopic (exact) mass is 376 g/mol. The van der Waals surface area contributed by atoms with Gasteiger partial charge < -0.3 is 10.5 Å². The fourth-order valence-electron chi connectivity index (χ4n) is 2.99. The molecule has 3 rings (SSSR count). The van der Waals surface area contributed by atoms with Crippen molar-refractivity contribution in [3.63, 3.8) is 0 Å². The summed E-state index contributed by atoms with van der Waals surface area (Å²) in [5, 5.41) is 0.237. The number of rotatable bonds is 4. The molecule has 1 aromatic heterocycles. The number of guanidine groups is 1. The van der Waals surface area contributed by atoms with Crippen LogP contribution in [0.5, 0.6) is 5.75 Å². The molecule has 2 atom stereocenters. The van der Waals surface area contributed by atoms with Gasteiger partial charge in [-0.25, -0.2) is 14.4 Å². The first-order valence-corrected chi connectivity index (χ1v) is 8.31. The van der Waals surface area contributed by atoms with Gasteiger partial charge in [0, 0.05) is 20.2 Å². The predicted octanol–water partition coefficient (Wildman–Crippen LogP) is 2.77. The van der Waals surface area contributed by atoms with Gasteiger partial charge in [-0.05, 0) is 47.9 Å². The van der Waals surface area contributed by atoms with E-state index in [1.165, 1.54) is 18.0 Å². The molecule has 6 nitrogen and oxygen atoms in total. The van der Waals surface area contributed by atoms with Gasteiger partial charge in [0.25, 0.3) is 5.91 Å². The molecular formula is C18H18ClFN4O2. The topological polar surface area (TPSA) is 80.8 Å². The lowest BCUT2D eigenvalue weighted by molar-refractivity contribution is -0.129. The van der Waals surface area contributed by atoms with E-state index in [4.69, 9.17) is 22.1 Å². The molecule has 26 heavy (non-hydrogen) atoms. The zero-order valence-corrected chi connectivity index (χ0v) is 15.3. The Morgan fingerprint density at radius 1 is 1.31 bits per heavy atom. The Morgan fingerprint density at radius 3 is 2.54 bits per heavy atom. The minimum atomic E-state index is -1.44. The second kappa shape index (κ2) is 6.57. The quantitative estimate of drug-likeness (QED) is 0.832. The molecule has 0 fully saturated rings. The van der Waals surface area contributed by atoms with Gasteiger partial charge in [-0.1, -0.05) is 17.7 Å². The summed E-state index contributed by atoms with van der Waals surface area (Å²) in [5.41, 5.74) is 6.33. The number of pyridine rings is 1. The van der Waals surface area contributed by atoms with Crippen molar-refractivity contribution in [1.29, 1.82) is 0 Å². The molecule has 0 radical (unpaired) electrons. The molecule has 0 saturated carbocycles. The van der Waals surface area contributed by atoms with Crippen molar-refractivity contribution < 1.29 is 13.9 Å². The third-order valence-electron chi connectivity index (χ3n) is 4.27. The Morgan fingerprint density at radius 2 is 2.00 bits per heavy atom. The molecule has 8 heteroatoms. The number of hydrogen-bond acceptors (Lipinski definition) is 5. The van der Waals surface area contributed by atoms with Crippen LogP contribution in [0.4, 0.5) is 4.39 Å². The molecule has 0 bridgehead atoms. The number of benzene rings is 1. The van der Waals surface area contributed by atoms with E-state index in [9.17, 15) is 9.18 Å². The lowest BCUT2D eigenvalue weighted by atomic mass is 9.82. The van der Waals surface area contributed by atoms with E-state index in [-0.39, 0.29) is 17.0 Å². The largest absolute Gasteiger partial charge is 0.460 e. The average molecular weight is 377 g/mol. The zero-order valence-electron chi connectivity index (χ0n) is 14.5. The molecule has 136 valence electrons. The molecule has 1 aliphatic heterocycles. The molecular weight excluding hydrogens is 359 g/mol. The van der Waals surface area contributed by atoms with Crippen LogP contribution in [0.2, 0.25) is 5.15 Å². The van der Waals surface area contributed by atoms with Crippen molar-refractivity contribution in [3.8, 4) is 5.75 Å². The normalized spacial score (nSPS) is 20.9. The van der Waals surface area contributed by atoms with Crippen LogP contribution in [-0.4, -0.2) is 35.2 Å². The van der Waals surface area contributed by atoms with Crippen LogP contribution in [-0.2, 0) is 10.3 Å². The van der Waals surface area contributed by atoms with Gasteiger partial charge in [0.15, 0.2) is 11.5 Å². The fourth-order valence-corrected chi connectivity index (χ4v) is 3.17. The van der Waals surface area contributed by atoms with Gasteiger partial charge in [0.1, 0.15) is 10.9 Å². The van der Waals surface area contributed by atoms with E-state index in [1.807, 2.05) is 0 Å². The van der Waals surface area contributed by atoms with Crippen LogP contribution >= 0.6 is 11.6 Å². The first kappa shape index (κ1) is 18.1. The molecule has 2 unspecified atom stereocenters. The molecule has 1 aliphatic rings. The van der Waals surface area contributed by atoms with Crippen molar-refractivity contribution in [2.24, 2.45) is 10.7 Å². The summed E-state index contributed by atoms with van der Waals surface area (Å²) in [5.74, 6) is 0.171. The molecule has 1 amide bonds. The van der Waals surface area contributed by atoms with Crippen LogP contribution in [0.1, 0.15) is 23.6 Å². The van der Waals surface area contributed by atoms with Crippen molar-refractivity contribution in [1.82, 2.24) is 9.88 Å². The predicted molar refractivity (Wildman–Crippen MR) is 96.8 cm³/mol. The minimum absolute atomic E-state index is 0.0956. The Kier molecular flexibility index (Phi) is 4.58. The Balaban J connectivity index is 2.21. The van der Waals surface area contributed by atoms with Gasteiger partial charge in [-0.2, -0.15) is 0 Å². The minimum Gasteiger partial charge on any atom is -0.460 e. The first-order chi connectivity index (χ1) is 12.3. The van der Waals surface area contributed by atoms with Gasteiger partial charge >= 0.3 is 0 Å². The molecule has 0 spiro atoms.